The lowest BCUT2D eigenvalue weighted by molar-refractivity contribution is 0.866. The molecule has 1 heterocycles. The highest BCUT2D eigenvalue weighted by molar-refractivity contribution is 5.99. The molecule has 0 aliphatic carbocycles. The predicted molar refractivity (Wildman–Crippen MR) is 77.3 cm³/mol. The molecule has 0 amide bonds. The Morgan fingerprint density at radius 2 is 2.06 bits per heavy atom. The van der Waals surface area contributed by atoms with Gasteiger partial charge in [0, 0.05) is 23.9 Å². The Morgan fingerprint density at radius 3 is 2.61 bits per heavy atom. The Bertz CT molecular complexity index is 493. The van der Waals surface area contributed by atoms with Crippen LogP contribution in [0.15, 0.2) is 46.5 Å². The first-order valence-electron chi connectivity index (χ1n) is 6.27. The van der Waals surface area contributed by atoms with Gasteiger partial charge in [0.25, 0.3) is 0 Å². The third kappa shape index (κ3) is 3.06. The zero-order chi connectivity index (χ0) is 13.0. The molecule has 0 aromatic heterocycles. The van der Waals surface area contributed by atoms with Crippen LogP contribution in [-0.4, -0.2) is 18.1 Å². The van der Waals surface area contributed by atoms with Crippen molar-refractivity contribution in [2.24, 2.45) is 15.7 Å². The van der Waals surface area contributed by atoms with E-state index < -0.39 is 0 Å². The summed E-state index contributed by atoms with van der Waals surface area (Å²) in [5.74, 6) is 1.12. The minimum Gasteiger partial charge on any atom is -0.383 e. The maximum atomic E-state index is 5.97. The van der Waals surface area contributed by atoms with E-state index in [0.717, 1.165) is 17.7 Å². The number of aliphatic imine (C=N–C) groups is 2. The van der Waals surface area contributed by atoms with Crippen molar-refractivity contribution in [1.82, 2.24) is 0 Å². The normalized spacial score (nSPS) is 15.3. The highest BCUT2D eigenvalue weighted by Gasteiger charge is 2.03. The number of allylic oxidation sites excluding steroid dienone is 1. The molecule has 2 rings (SSSR count). The van der Waals surface area contributed by atoms with Crippen molar-refractivity contribution < 1.29 is 0 Å². The Balaban J connectivity index is 2.03. The Hall–Kier alpha value is -1.90. The maximum absolute atomic E-state index is 5.97. The van der Waals surface area contributed by atoms with E-state index in [9.17, 15) is 0 Å². The molecule has 0 fully saturated rings. The second-order valence-corrected chi connectivity index (χ2v) is 4.76. The molecule has 1 aliphatic heterocycles. The van der Waals surface area contributed by atoms with Gasteiger partial charge in [-0.1, -0.05) is 44.2 Å². The van der Waals surface area contributed by atoms with Crippen molar-refractivity contribution in [1.29, 1.82) is 0 Å². The van der Waals surface area contributed by atoms with E-state index >= 15 is 0 Å². The van der Waals surface area contributed by atoms with Crippen LogP contribution in [0.2, 0.25) is 0 Å². The van der Waals surface area contributed by atoms with E-state index in [4.69, 9.17) is 5.73 Å². The Morgan fingerprint density at radius 1 is 1.33 bits per heavy atom. The first kappa shape index (κ1) is 12.6. The molecule has 0 bridgehead atoms. The molecule has 0 saturated carbocycles. The summed E-state index contributed by atoms with van der Waals surface area (Å²) < 4.78 is 0. The van der Waals surface area contributed by atoms with Gasteiger partial charge in [0.1, 0.15) is 5.84 Å². The van der Waals surface area contributed by atoms with Crippen molar-refractivity contribution in [2.45, 2.75) is 26.2 Å². The first-order valence-corrected chi connectivity index (χ1v) is 6.27. The third-order valence-corrected chi connectivity index (χ3v) is 3.02. The average Bonchev–Trinajstić information content (AvgIpc) is 2.89. The zero-order valence-corrected chi connectivity index (χ0v) is 10.9. The number of hydrogen-bond acceptors (Lipinski definition) is 2. The van der Waals surface area contributed by atoms with Gasteiger partial charge in [-0.2, -0.15) is 0 Å². The SMILES string of the molecule is CC(C)c1ccc(C(N)=NCC2=NC=CC2)cc1. The number of benzene rings is 1. The first-order chi connectivity index (χ1) is 8.66. The van der Waals surface area contributed by atoms with Crippen LogP contribution in [0.3, 0.4) is 0 Å². The second kappa shape index (κ2) is 5.63. The highest BCUT2D eigenvalue weighted by atomic mass is 14.9. The molecule has 0 saturated heterocycles. The molecule has 0 unspecified atom stereocenters. The molecular formula is C15H19N3. The fourth-order valence-electron chi connectivity index (χ4n) is 1.81. The minimum atomic E-state index is 0.538. The molecule has 94 valence electrons. The number of hydrogen-bond donors (Lipinski definition) is 1. The number of nitrogens with two attached hydrogens (primary N) is 1. The van der Waals surface area contributed by atoms with Gasteiger partial charge in [0.15, 0.2) is 0 Å². The van der Waals surface area contributed by atoms with E-state index in [-0.39, 0.29) is 0 Å². The summed E-state index contributed by atoms with van der Waals surface area (Å²) in [5.41, 5.74) is 9.33. The topological polar surface area (TPSA) is 50.7 Å². The van der Waals surface area contributed by atoms with Gasteiger partial charge in [-0.25, -0.2) is 0 Å². The van der Waals surface area contributed by atoms with Gasteiger partial charge in [-0.3, -0.25) is 9.98 Å². The lowest BCUT2D eigenvalue weighted by Crippen LogP contribution is -2.15. The predicted octanol–water partition coefficient (Wildman–Crippen LogP) is 2.87. The summed E-state index contributed by atoms with van der Waals surface area (Å²) in [5, 5.41) is 0. The van der Waals surface area contributed by atoms with Crippen LogP contribution in [0.5, 0.6) is 0 Å². The summed E-state index contributed by atoms with van der Waals surface area (Å²) >= 11 is 0. The van der Waals surface area contributed by atoms with Crippen molar-refractivity contribution >= 4 is 11.5 Å². The number of rotatable bonds is 4. The fourth-order valence-corrected chi connectivity index (χ4v) is 1.81. The van der Waals surface area contributed by atoms with E-state index in [1.807, 2.05) is 24.4 Å². The van der Waals surface area contributed by atoms with Crippen LogP contribution in [0.4, 0.5) is 0 Å². The molecule has 1 aromatic rings. The zero-order valence-electron chi connectivity index (χ0n) is 10.9. The molecule has 3 heteroatoms. The lowest BCUT2D eigenvalue weighted by Gasteiger charge is -2.06. The van der Waals surface area contributed by atoms with Crippen LogP contribution in [0, 0.1) is 0 Å². The summed E-state index contributed by atoms with van der Waals surface area (Å²) in [6, 6.07) is 8.28. The molecule has 0 spiro atoms. The van der Waals surface area contributed by atoms with Crippen LogP contribution in [0.25, 0.3) is 0 Å². The lowest BCUT2D eigenvalue weighted by atomic mass is 10.0. The van der Waals surface area contributed by atoms with Gasteiger partial charge < -0.3 is 5.73 Å². The molecule has 1 aliphatic rings. The van der Waals surface area contributed by atoms with E-state index in [0.29, 0.717) is 18.3 Å². The molecular weight excluding hydrogens is 222 g/mol. The molecule has 0 atom stereocenters. The highest BCUT2D eigenvalue weighted by Crippen LogP contribution is 2.14. The summed E-state index contributed by atoms with van der Waals surface area (Å²) in [7, 11) is 0. The fraction of sp³-hybridized carbons (Fsp3) is 0.333. The minimum absolute atomic E-state index is 0.538. The largest absolute Gasteiger partial charge is 0.383 e. The third-order valence-electron chi connectivity index (χ3n) is 3.02. The van der Waals surface area contributed by atoms with Crippen molar-refractivity contribution in [3.63, 3.8) is 0 Å². The Kier molecular flexibility index (Phi) is 3.92. The smallest absolute Gasteiger partial charge is 0.125 e. The van der Waals surface area contributed by atoms with Crippen molar-refractivity contribution in [3.05, 3.63) is 47.7 Å². The van der Waals surface area contributed by atoms with E-state index in [2.05, 4.69) is 36.0 Å². The van der Waals surface area contributed by atoms with E-state index in [1.165, 1.54) is 5.56 Å². The number of nitrogens with zero attached hydrogens (tertiary/aromatic N) is 2. The monoisotopic (exact) mass is 241 g/mol. The maximum Gasteiger partial charge on any atom is 0.125 e. The average molecular weight is 241 g/mol. The van der Waals surface area contributed by atoms with Gasteiger partial charge in [0.2, 0.25) is 0 Å². The van der Waals surface area contributed by atoms with Gasteiger partial charge in [-0.15, -0.1) is 0 Å². The summed E-state index contributed by atoms with van der Waals surface area (Å²) in [4.78, 5) is 8.59. The molecule has 0 radical (unpaired) electrons. The molecule has 2 N–H and O–H groups in total. The standard InChI is InChI=1S/C15H19N3/c1-11(2)12-5-7-13(8-6-12)15(16)18-10-14-4-3-9-17-14/h3,5-9,11H,4,10H2,1-2H3,(H2,16,18). The van der Waals surface area contributed by atoms with Crippen molar-refractivity contribution in [2.75, 3.05) is 6.54 Å². The molecule has 3 nitrogen and oxygen atoms in total. The Labute approximate surface area is 108 Å². The van der Waals surface area contributed by atoms with E-state index in [1.54, 1.807) is 0 Å². The van der Waals surface area contributed by atoms with Gasteiger partial charge >= 0.3 is 0 Å². The molecule has 1 aromatic carbocycles. The summed E-state index contributed by atoms with van der Waals surface area (Å²) in [6.07, 6.45) is 4.74. The molecule has 18 heavy (non-hydrogen) atoms. The van der Waals surface area contributed by atoms with Gasteiger partial charge in [0.05, 0.1) is 6.54 Å². The quantitative estimate of drug-likeness (QED) is 0.639. The van der Waals surface area contributed by atoms with Gasteiger partial charge in [-0.05, 0) is 11.5 Å². The van der Waals surface area contributed by atoms with Crippen LogP contribution in [0.1, 0.15) is 37.3 Å². The summed E-state index contributed by atoms with van der Waals surface area (Å²) in [6.45, 7) is 4.94. The van der Waals surface area contributed by atoms with Crippen LogP contribution in [-0.2, 0) is 0 Å². The number of amidine groups is 1. The van der Waals surface area contributed by atoms with Crippen molar-refractivity contribution in [3.8, 4) is 0 Å². The van der Waals surface area contributed by atoms with Crippen LogP contribution < -0.4 is 5.73 Å². The second-order valence-electron chi connectivity index (χ2n) is 4.76. The van der Waals surface area contributed by atoms with Crippen LogP contribution >= 0.6 is 0 Å².